The molecule has 3 aromatic rings. The third kappa shape index (κ3) is 5.14. The fourth-order valence-electron chi connectivity index (χ4n) is 4.10. The Bertz CT molecular complexity index is 1180. The van der Waals surface area contributed by atoms with E-state index in [-0.39, 0.29) is 5.91 Å². The Hall–Kier alpha value is -3.87. The number of hydrogen-bond donors (Lipinski definition) is 1. The molecule has 1 saturated heterocycles. The molecule has 170 valence electrons. The number of esters is 1. The van der Waals surface area contributed by atoms with Gasteiger partial charge in [0.05, 0.1) is 5.56 Å². The maximum absolute atomic E-state index is 12.6. The molecule has 1 aliphatic rings. The maximum Gasteiger partial charge on any atom is 0.340 e. The molecule has 0 aliphatic carbocycles. The summed E-state index contributed by atoms with van der Waals surface area (Å²) >= 11 is 0. The molecule has 2 amide bonds. The molecule has 0 radical (unpaired) electrons. The van der Waals surface area contributed by atoms with Crippen LogP contribution in [0.1, 0.15) is 40.2 Å². The lowest BCUT2D eigenvalue weighted by Gasteiger charge is -2.16. The number of benzene rings is 2. The van der Waals surface area contributed by atoms with Gasteiger partial charge in [0.1, 0.15) is 0 Å². The number of ether oxygens (including phenoxy) is 1. The van der Waals surface area contributed by atoms with Gasteiger partial charge in [-0.15, -0.1) is 0 Å². The molecule has 2 aromatic carbocycles. The van der Waals surface area contributed by atoms with Crippen molar-refractivity contribution in [3.05, 3.63) is 83.2 Å². The lowest BCUT2D eigenvalue weighted by atomic mass is 10.2. The van der Waals surface area contributed by atoms with E-state index in [1.54, 1.807) is 29.2 Å². The van der Waals surface area contributed by atoms with Crippen LogP contribution in [-0.4, -0.2) is 35.5 Å². The number of aryl methyl sites for hydroxylation is 1. The van der Waals surface area contributed by atoms with Crippen LogP contribution in [0.3, 0.4) is 0 Å². The van der Waals surface area contributed by atoms with Crippen LogP contribution in [0.25, 0.3) is 0 Å². The van der Waals surface area contributed by atoms with Crippen LogP contribution < -0.4 is 10.2 Å². The van der Waals surface area contributed by atoms with Gasteiger partial charge in [-0.25, -0.2) is 4.79 Å². The van der Waals surface area contributed by atoms with Crippen molar-refractivity contribution in [2.45, 2.75) is 33.2 Å². The van der Waals surface area contributed by atoms with Crippen molar-refractivity contribution in [3.63, 3.8) is 0 Å². The van der Waals surface area contributed by atoms with Crippen molar-refractivity contribution in [2.24, 2.45) is 0 Å². The highest BCUT2D eigenvalue weighted by Gasteiger charge is 2.22. The third-order valence-electron chi connectivity index (χ3n) is 5.83. The molecule has 4 rings (SSSR count). The van der Waals surface area contributed by atoms with Gasteiger partial charge in [-0.2, -0.15) is 0 Å². The van der Waals surface area contributed by atoms with E-state index in [4.69, 9.17) is 4.74 Å². The first-order valence-corrected chi connectivity index (χ1v) is 11.0. The van der Waals surface area contributed by atoms with E-state index in [2.05, 4.69) is 9.88 Å². The van der Waals surface area contributed by atoms with Crippen molar-refractivity contribution >= 4 is 29.2 Å². The fourth-order valence-corrected chi connectivity index (χ4v) is 4.10. The molecular formula is C26H27N3O4. The van der Waals surface area contributed by atoms with Gasteiger partial charge in [-0.3, -0.25) is 9.59 Å². The molecule has 7 heteroatoms. The normalized spacial score (nSPS) is 13.3. The molecule has 0 unspecified atom stereocenters. The molecule has 7 nitrogen and oxygen atoms in total. The van der Waals surface area contributed by atoms with E-state index < -0.39 is 18.5 Å². The van der Waals surface area contributed by atoms with Crippen molar-refractivity contribution < 1.29 is 19.1 Å². The molecule has 0 atom stereocenters. The van der Waals surface area contributed by atoms with Gasteiger partial charge in [0.2, 0.25) is 5.91 Å². The number of anilines is 2. The van der Waals surface area contributed by atoms with Crippen LogP contribution in [-0.2, 0) is 20.9 Å². The SMILES string of the molecule is Cc1cc(C(=O)OCC(=O)Nc2cccc(N3CCCC3=O)c2)c(C)n1Cc1ccccc1. The van der Waals surface area contributed by atoms with E-state index in [0.717, 1.165) is 29.1 Å². The van der Waals surface area contributed by atoms with Gasteiger partial charge in [-0.05, 0) is 50.1 Å². The first kappa shape index (κ1) is 22.3. The lowest BCUT2D eigenvalue weighted by molar-refractivity contribution is -0.119. The van der Waals surface area contributed by atoms with Gasteiger partial charge < -0.3 is 19.5 Å². The third-order valence-corrected chi connectivity index (χ3v) is 5.83. The summed E-state index contributed by atoms with van der Waals surface area (Å²) < 4.78 is 7.33. The molecule has 0 spiro atoms. The summed E-state index contributed by atoms with van der Waals surface area (Å²) in [7, 11) is 0. The smallest absolute Gasteiger partial charge is 0.340 e. The number of carbonyl (C=O) groups is 3. The van der Waals surface area contributed by atoms with Gasteiger partial charge >= 0.3 is 5.97 Å². The van der Waals surface area contributed by atoms with Crippen LogP contribution in [0.4, 0.5) is 11.4 Å². The van der Waals surface area contributed by atoms with Crippen LogP contribution >= 0.6 is 0 Å². The zero-order chi connectivity index (χ0) is 23.4. The Balaban J connectivity index is 1.36. The number of nitrogens with zero attached hydrogens (tertiary/aromatic N) is 2. The van der Waals surface area contributed by atoms with E-state index in [9.17, 15) is 14.4 Å². The topological polar surface area (TPSA) is 80.6 Å². The summed E-state index contributed by atoms with van der Waals surface area (Å²) in [6, 6.07) is 18.9. The number of rotatable bonds is 7. The summed E-state index contributed by atoms with van der Waals surface area (Å²) in [4.78, 5) is 38.7. The van der Waals surface area contributed by atoms with Crippen LogP contribution in [0, 0.1) is 13.8 Å². The molecular weight excluding hydrogens is 418 g/mol. The summed E-state index contributed by atoms with van der Waals surface area (Å²) in [6.07, 6.45) is 1.37. The first-order valence-electron chi connectivity index (χ1n) is 11.0. The average Bonchev–Trinajstić information content (AvgIpc) is 3.36. The molecule has 1 aromatic heterocycles. The van der Waals surface area contributed by atoms with E-state index in [0.29, 0.717) is 30.8 Å². The second-order valence-corrected chi connectivity index (χ2v) is 8.18. The van der Waals surface area contributed by atoms with E-state index in [1.807, 2.05) is 50.2 Å². The highest BCUT2D eigenvalue weighted by atomic mass is 16.5. The molecule has 1 aliphatic heterocycles. The predicted molar refractivity (Wildman–Crippen MR) is 126 cm³/mol. The zero-order valence-corrected chi connectivity index (χ0v) is 18.8. The standard InChI is InChI=1S/C26H27N3O4/c1-18-14-23(19(2)29(18)16-20-8-4-3-5-9-20)26(32)33-17-24(30)27-21-10-6-11-22(15-21)28-13-7-12-25(28)31/h3-6,8-11,14-15H,7,12-13,16-17H2,1-2H3,(H,27,30). The first-order chi connectivity index (χ1) is 15.9. The molecule has 1 fully saturated rings. The highest BCUT2D eigenvalue weighted by molar-refractivity contribution is 5.98. The maximum atomic E-state index is 12.6. The summed E-state index contributed by atoms with van der Waals surface area (Å²) in [6.45, 7) is 4.75. The van der Waals surface area contributed by atoms with Crippen molar-refractivity contribution in [1.29, 1.82) is 0 Å². The Morgan fingerprint density at radius 3 is 2.55 bits per heavy atom. The summed E-state index contributed by atoms with van der Waals surface area (Å²) in [5, 5.41) is 2.73. The molecule has 0 saturated carbocycles. The zero-order valence-electron chi connectivity index (χ0n) is 18.8. The van der Waals surface area contributed by atoms with Crippen LogP contribution in [0.15, 0.2) is 60.7 Å². The Labute approximate surface area is 193 Å². The predicted octanol–water partition coefficient (Wildman–Crippen LogP) is 4.08. The second-order valence-electron chi connectivity index (χ2n) is 8.18. The molecule has 1 N–H and O–H groups in total. The fraction of sp³-hybridized carbons (Fsp3) is 0.269. The van der Waals surface area contributed by atoms with E-state index >= 15 is 0 Å². The number of amides is 2. The Morgan fingerprint density at radius 2 is 1.82 bits per heavy atom. The Morgan fingerprint density at radius 1 is 1.03 bits per heavy atom. The van der Waals surface area contributed by atoms with Gasteiger partial charge in [0.25, 0.3) is 5.91 Å². The molecule has 2 heterocycles. The van der Waals surface area contributed by atoms with Crippen LogP contribution in [0.2, 0.25) is 0 Å². The van der Waals surface area contributed by atoms with Crippen LogP contribution in [0.5, 0.6) is 0 Å². The van der Waals surface area contributed by atoms with E-state index in [1.165, 1.54) is 0 Å². The number of hydrogen-bond acceptors (Lipinski definition) is 4. The largest absolute Gasteiger partial charge is 0.452 e. The minimum absolute atomic E-state index is 0.0808. The number of aromatic nitrogens is 1. The van der Waals surface area contributed by atoms with Gasteiger partial charge in [0, 0.05) is 42.3 Å². The monoisotopic (exact) mass is 445 g/mol. The highest BCUT2D eigenvalue weighted by Crippen LogP contribution is 2.24. The summed E-state index contributed by atoms with van der Waals surface area (Å²) in [5.41, 5.74) is 4.63. The quantitative estimate of drug-likeness (QED) is 0.556. The van der Waals surface area contributed by atoms with Crippen molar-refractivity contribution in [1.82, 2.24) is 4.57 Å². The van der Waals surface area contributed by atoms with Gasteiger partial charge in [0.15, 0.2) is 6.61 Å². The number of nitrogens with one attached hydrogen (secondary N) is 1. The molecule has 0 bridgehead atoms. The second kappa shape index (κ2) is 9.73. The van der Waals surface area contributed by atoms with Gasteiger partial charge in [-0.1, -0.05) is 36.4 Å². The minimum Gasteiger partial charge on any atom is -0.452 e. The Kier molecular flexibility index (Phi) is 6.58. The minimum atomic E-state index is -0.533. The lowest BCUT2D eigenvalue weighted by Crippen LogP contribution is -2.24. The molecule has 33 heavy (non-hydrogen) atoms. The number of carbonyl (C=O) groups excluding carboxylic acids is 3. The van der Waals surface area contributed by atoms with Crippen molar-refractivity contribution in [3.8, 4) is 0 Å². The summed E-state index contributed by atoms with van der Waals surface area (Å²) in [5.74, 6) is -0.891. The average molecular weight is 446 g/mol. The van der Waals surface area contributed by atoms with Crippen molar-refractivity contribution in [2.75, 3.05) is 23.4 Å².